The molecular weight excluding hydrogens is 400 g/mol. The summed E-state index contributed by atoms with van der Waals surface area (Å²) in [6.07, 6.45) is -0.170. The number of amides is 1. The summed E-state index contributed by atoms with van der Waals surface area (Å²) in [5, 5.41) is 12.7. The zero-order valence-corrected chi connectivity index (χ0v) is 18.0. The molecule has 5 rings (SSSR count). The first-order valence-electron chi connectivity index (χ1n) is 11.2. The van der Waals surface area contributed by atoms with Crippen molar-refractivity contribution in [1.29, 1.82) is 0 Å². The Morgan fingerprint density at radius 2 is 1.50 bits per heavy atom. The molecule has 2 aliphatic heterocycles. The Morgan fingerprint density at radius 1 is 0.812 bits per heavy atom. The molecule has 0 aromatic heterocycles. The molecule has 164 valence electrons. The number of nitrogens with zero attached hydrogens (tertiary/aromatic N) is 3. The molecule has 6 nitrogen and oxygen atoms in total. The number of fused-ring (bicyclic) bond motifs is 1. The Kier molecular flexibility index (Phi) is 5.69. The van der Waals surface area contributed by atoms with E-state index in [1.165, 1.54) is 0 Å². The first-order chi connectivity index (χ1) is 15.7. The van der Waals surface area contributed by atoms with Crippen LogP contribution in [-0.4, -0.2) is 55.2 Å². The predicted molar refractivity (Wildman–Crippen MR) is 127 cm³/mol. The standard InChI is InChI=1S/C26H28N4O2/c31-22-12-10-21(11-13-22)29-17-14-28(15-18-29)16-19-30-24-9-5-4-8-23(24)26(32)27-25(30)20-6-2-1-3-7-20/h1-13,25,31H,14-19H2,(H,27,32). The summed E-state index contributed by atoms with van der Waals surface area (Å²) in [5.74, 6) is 0.280. The number of hydrogen-bond acceptors (Lipinski definition) is 5. The van der Waals surface area contributed by atoms with E-state index in [0.717, 1.165) is 61.8 Å². The van der Waals surface area contributed by atoms with Crippen LogP contribution in [0.4, 0.5) is 11.4 Å². The number of hydrogen-bond donors (Lipinski definition) is 2. The van der Waals surface area contributed by atoms with E-state index >= 15 is 0 Å². The van der Waals surface area contributed by atoms with Gasteiger partial charge in [0.25, 0.3) is 5.91 Å². The lowest BCUT2D eigenvalue weighted by atomic mass is 10.0. The lowest BCUT2D eigenvalue weighted by molar-refractivity contribution is 0.0925. The molecule has 2 N–H and O–H groups in total. The average molecular weight is 429 g/mol. The Labute approximate surface area is 188 Å². The Balaban J connectivity index is 1.28. The molecule has 3 aromatic carbocycles. The number of piperazine rings is 1. The first kappa shape index (κ1) is 20.4. The molecule has 1 fully saturated rings. The van der Waals surface area contributed by atoms with E-state index in [-0.39, 0.29) is 12.1 Å². The maximum Gasteiger partial charge on any atom is 0.255 e. The fourth-order valence-electron chi connectivity index (χ4n) is 4.63. The summed E-state index contributed by atoms with van der Waals surface area (Å²) >= 11 is 0. The highest BCUT2D eigenvalue weighted by molar-refractivity contribution is 6.02. The van der Waals surface area contributed by atoms with Crippen LogP contribution in [0.2, 0.25) is 0 Å². The van der Waals surface area contributed by atoms with Crippen molar-refractivity contribution < 1.29 is 9.90 Å². The number of aromatic hydroxyl groups is 1. The van der Waals surface area contributed by atoms with Crippen LogP contribution < -0.4 is 15.1 Å². The van der Waals surface area contributed by atoms with Crippen molar-refractivity contribution in [3.05, 3.63) is 90.0 Å². The minimum absolute atomic E-state index is 0.0202. The second kappa shape index (κ2) is 8.93. The molecule has 32 heavy (non-hydrogen) atoms. The van der Waals surface area contributed by atoms with E-state index in [2.05, 4.69) is 32.1 Å². The number of nitrogens with one attached hydrogen (secondary N) is 1. The van der Waals surface area contributed by atoms with E-state index in [9.17, 15) is 9.90 Å². The maximum absolute atomic E-state index is 12.7. The number of carbonyl (C=O) groups is 1. The van der Waals surface area contributed by atoms with Gasteiger partial charge in [-0.3, -0.25) is 9.69 Å². The van der Waals surface area contributed by atoms with Crippen LogP contribution >= 0.6 is 0 Å². The lowest BCUT2D eigenvalue weighted by Gasteiger charge is -2.41. The molecular formula is C26H28N4O2. The second-order valence-corrected chi connectivity index (χ2v) is 8.34. The number of benzene rings is 3. The van der Waals surface area contributed by atoms with Gasteiger partial charge >= 0.3 is 0 Å². The van der Waals surface area contributed by atoms with Gasteiger partial charge in [0, 0.05) is 45.0 Å². The zero-order valence-electron chi connectivity index (χ0n) is 18.0. The van der Waals surface area contributed by atoms with Gasteiger partial charge in [0.1, 0.15) is 11.9 Å². The molecule has 0 bridgehead atoms. The third-order valence-corrected chi connectivity index (χ3v) is 6.40. The molecule has 0 spiro atoms. The minimum atomic E-state index is -0.170. The van der Waals surface area contributed by atoms with Gasteiger partial charge < -0.3 is 20.2 Å². The molecule has 1 atom stereocenters. The predicted octanol–water partition coefficient (Wildman–Crippen LogP) is 3.46. The number of anilines is 2. The van der Waals surface area contributed by atoms with Crippen molar-refractivity contribution in [2.75, 3.05) is 49.1 Å². The summed E-state index contributed by atoms with van der Waals surface area (Å²) < 4.78 is 0. The van der Waals surface area contributed by atoms with Gasteiger partial charge in [-0.05, 0) is 42.0 Å². The Morgan fingerprint density at radius 3 is 2.25 bits per heavy atom. The topological polar surface area (TPSA) is 59.1 Å². The fourth-order valence-corrected chi connectivity index (χ4v) is 4.63. The van der Waals surface area contributed by atoms with Crippen LogP contribution in [0.1, 0.15) is 22.1 Å². The van der Waals surface area contributed by atoms with E-state index in [1.54, 1.807) is 12.1 Å². The molecule has 3 aromatic rings. The van der Waals surface area contributed by atoms with Gasteiger partial charge in [0.2, 0.25) is 0 Å². The van der Waals surface area contributed by atoms with E-state index in [0.29, 0.717) is 5.75 Å². The largest absolute Gasteiger partial charge is 0.508 e. The van der Waals surface area contributed by atoms with E-state index < -0.39 is 0 Å². The summed E-state index contributed by atoms with van der Waals surface area (Å²) in [4.78, 5) is 19.9. The molecule has 0 radical (unpaired) electrons. The summed E-state index contributed by atoms with van der Waals surface area (Å²) in [6.45, 7) is 5.64. The minimum Gasteiger partial charge on any atom is -0.508 e. The highest BCUT2D eigenvalue weighted by atomic mass is 16.3. The summed E-state index contributed by atoms with van der Waals surface area (Å²) in [7, 11) is 0. The number of phenols is 1. The molecule has 0 aliphatic carbocycles. The molecule has 6 heteroatoms. The Hall–Kier alpha value is -3.51. The van der Waals surface area contributed by atoms with Crippen LogP contribution in [0.25, 0.3) is 0 Å². The van der Waals surface area contributed by atoms with Crippen LogP contribution in [0.15, 0.2) is 78.9 Å². The van der Waals surface area contributed by atoms with Crippen molar-refractivity contribution in [3.8, 4) is 5.75 Å². The molecule has 1 saturated heterocycles. The third kappa shape index (κ3) is 4.14. The smallest absolute Gasteiger partial charge is 0.255 e. The number of rotatable bonds is 5. The van der Waals surface area contributed by atoms with Crippen molar-refractivity contribution in [2.24, 2.45) is 0 Å². The van der Waals surface area contributed by atoms with Crippen molar-refractivity contribution in [2.45, 2.75) is 6.17 Å². The number of para-hydroxylation sites is 1. The quantitative estimate of drug-likeness (QED) is 0.652. The molecule has 2 heterocycles. The average Bonchev–Trinajstić information content (AvgIpc) is 2.85. The molecule has 0 saturated carbocycles. The van der Waals surface area contributed by atoms with Crippen LogP contribution in [-0.2, 0) is 0 Å². The highest BCUT2D eigenvalue weighted by Crippen LogP contribution is 2.32. The van der Waals surface area contributed by atoms with Gasteiger partial charge in [-0.1, -0.05) is 42.5 Å². The van der Waals surface area contributed by atoms with Gasteiger partial charge in [0.15, 0.2) is 0 Å². The van der Waals surface area contributed by atoms with Crippen molar-refractivity contribution >= 4 is 17.3 Å². The maximum atomic E-state index is 12.7. The Bertz CT molecular complexity index is 1060. The van der Waals surface area contributed by atoms with Gasteiger partial charge in [0.05, 0.1) is 11.3 Å². The van der Waals surface area contributed by atoms with Gasteiger partial charge in [-0.25, -0.2) is 0 Å². The SMILES string of the molecule is O=C1NC(c2ccccc2)N(CCN2CCN(c3ccc(O)cc3)CC2)c2ccccc21. The van der Waals surface area contributed by atoms with Crippen LogP contribution in [0.3, 0.4) is 0 Å². The van der Waals surface area contributed by atoms with Gasteiger partial charge in [-0.15, -0.1) is 0 Å². The van der Waals surface area contributed by atoms with Crippen molar-refractivity contribution in [1.82, 2.24) is 10.2 Å². The monoisotopic (exact) mass is 428 g/mol. The van der Waals surface area contributed by atoms with Gasteiger partial charge in [-0.2, -0.15) is 0 Å². The zero-order chi connectivity index (χ0) is 21.9. The van der Waals surface area contributed by atoms with E-state index in [4.69, 9.17) is 0 Å². The van der Waals surface area contributed by atoms with Crippen molar-refractivity contribution in [3.63, 3.8) is 0 Å². The second-order valence-electron chi connectivity index (χ2n) is 8.34. The molecule has 2 aliphatic rings. The molecule has 1 unspecified atom stereocenters. The number of carbonyl (C=O) groups excluding carboxylic acids is 1. The van der Waals surface area contributed by atoms with Crippen LogP contribution in [0.5, 0.6) is 5.75 Å². The summed E-state index contributed by atoms with van der Waals surface area (Å²) in [6, 6.07) is 25.5. The lowest BCUT2D eigenvalue weighted by Crippen LogP contribution is -2.52. The van der Waals surface area contributed by atoms with Crippen LogP contribution in [0, 0.1) is 0 Å². The first-order valence-corrected chi connectivity index (χ1v) is 11.2. The fraction of sp³-hybridized carbons (Fsp3) is 0.269. The third-order valence-electron chi connectivity index (χ3n) is 6.40. The molecule has 1 amide bonds. The number of phenolic OH excluding ortho intramolecular Hbond substituents is 1. The highest BCUT2D eigenvalue weighted by Gasteiger charge is 2.31. The normalized spacial score (nSPS) is 18.9. The summed E-state index contributed by atoms with van der Waals surface area (Å²) in [5.41, 5.74) is 3.97. The van der Waals surface area contributed by atoms with E-state index in [1.807, 2.05) is 54.6 Å².